The summed E-state index contributed by atoms with van der Waals surface area (Å²) in [7, 11) is 0. The fraction of sp³-hybridized carbons (Fsp3) is 0.0455. The summed E-state index contributed by atoms with van der Waals surface area (Å²) < 4.78 is 5.27. The zero-order chi connectivity index (χ0) is 19.3. The van der Waals surface area contributed by atoms with Gasteiger partial charge in [0.25, 0.3) is 5.91 Å². The summed E-state index contributed by atoms with van der Waals surface area (Å²) in [5, 5.41) is 5.34. The van der Waals surface area contributed by atoms with Crippen LogP contribution in [0.3, 0.4) is 0 Å². The van der Waals surface area contributed by atoms with E-state index in [1.54, 1.807) is 29.5 Å². The molecule has 1 amide bonds. The van der Waals surface area contributed by atoms with Crippen molar-refractivity contribution < 1.29 is 14.3 Å². The normalized spacial score (nSPS) is 10.6. The van der Waals surface area contributed by atoms with E-state index in [4.69, 9.17) is 4.74 Å². The van der Waals surface area contributed by atoms with Crippen molar-refractivity contribution in [3.63, 3.8) is 0 Å². The van der Waals surface area contributed by atoms with Crippen LogP contribution in [0, 0.1) is 0 Å². The summed E-state index contributed by atoms with van der Waals surface area (Å²) >= 11 is 1.55. The van der Waals surface area contributed by atoms with E-state index in [0.717, 1.165) is 4.88 Å². The van der Waals surface area contributed by atoms with Crippen molar-refractivity contribution in [2.75, 3.05) is 11.9 Å². The van der Waals surface area contributed by atoms with Gasteiger partial charge in [0.15, 0.2) is 6.61 Å². The number of amides is 1. The molecule has 5 nitrogen and oxygen atoms in total. The van der Waals surface area contributed by atoms with Gasteiger partial charge >= 0.3 is 5.97 Å². The number of fused-ring (bicyclic) bond motifs is 1. The molecular formula is C22H16N2O3S. The van der Waals surface area contributed by atoms with Gasteiger partial charge in [0.2, 0.25) is 0 Å². The molecule has 0 saturated carbocycles. The van der Waals surface area contributed by atoms with Crippen LogP contribution in [0.5, 0.6) is 0 Å². The van der Waals surface area contributed by atoms with Gasteiger partial charge in [-0.15, -0.1) is 11.3 Å². The van der Waals surface area contributed by atoms with Crippen molar-refractivity contribution in [3.8, 4) is 10.6 Å². The quantitative estimate of drug-likeness (QED) is 0.501. The highest BCUT2D eigenvalue weighted by Crippen LogP contribution is 2.28. The average Bonchev–Trinajstić information content (AvgIpc) is 3.27. The number of rotatable bonds is 5. The first-order valence-corrected chi connectivity index (χ1v) is 9.54. The highest BCUT2D eigenvalue weighted by Gasteiger charge is 2.17. The molecule has 6 heteroatoms. The van der Waals surface area contributed by atoms with Crippen molar-refractivity contribution in [2.45, 2.75) is 0 Å². The summed E-state index contributed by atoms with van der Waals surface area (Å²) in [6, 6.07) is 22.0. The molecule has 28 heavy (non-hydrogen) atoms. The average molecular weight is 388 g/mol. The van der Waals surface area contributed by atoms with Crippen molar-refractivity contribution in [1.29, 1.82) is 0 Å². The monoisotopic (exact) mass is 388 g/mol. The van der Waals surface area contributed by atoms with Gasteiger partial charge in [0, 0.05) is 11.1 Å². The first-order valence-electron chi connectivity index (χ1n) is 8.66. The van der Waals surface area contributed by atoms with Crippen LogP contribution in [0.1, 0.15) is 10.4 Å². The number of ether oxygens (including phenoxy) is 1. The summed E-state index contributed by atoms with van der Waals surface area (Å²) in [5.41, 5.74) is 2.45. The van der Waals surface area contributed by atoms with Crippen molar-refractivity contribution in [3.05, 3.63) is 83.7 Å². The summed E-state index contributed by atoms with van der Waals surface area (Å²) in [6.07, 6.45) is 0. The maximum absolute atomic E-state index is 12.7. The number of benzene rings is 2. The minimum atomic E-state index is -0.556. The number of carbonyl (C=O) groups is 2. The Bertz CT molecular complexity index is 1130. The van der Waals surface area contributed by atoms with Gasteiger partial charge in [-0.25, -0.2) is 9.78 Å². The Hall–Kier alpha value is -3.51. The van der Waals surface area contributed by atoms with Crippen molar-refractivity contribution in [2.24, 2.45) is 0 Å². The number of nitrogens with one attached hydrogen (secondary N) is 1. The second-order valence-corrected chi connectivity index (χ2v) is 6.99. The number of pyridine rings is 1. The lowest BCUT2D eigenvalue weighted by molar-refractivity contribution is -0.119. The third-order valence-corrected chi connectivity index (χ3v) is 4.99. The minimum Gasteiger partial charge on any atom is -0.452 e. The molecule has 4 aromatic rings. The van der Waals surface area contributed by atoms with Gasteiger partial charge in [-0.2, -0.15) is 0 Å². The molecule has 0 unspecified atom stereocenters. The van der Waals surface area contributed by atoms with Gasteiger partial charge in [0.05, 0.1) is 21.7 Å². The Morgan fingerprint density at radius 1 is 0.964 bits per heavy atom. The number of esters is 1. The van der Waals surface area contributed by atoms with Gasteiger partial charge in [-0.1, -0.05) is 42.5 Å². The molecule has 0 aliphatic rings. The molecule has 0 aliphatic carbocycles. The molecule has 138 valence electrons. The summed E-state index contributed by atoms with van der Waals surface area (Å²) in [5.74, 6) is -0.948. The Labute approximate surface area is 165 Å². The Morgan fingerprint density at radius 3 is 2.54 bits per heavy atom. The number of nitrogens with zero attached hydrogens (tertiary/aromatic N) is 1. The fourth-order valence-corrected chi connectivity index (χ4v) is 3.51. The molecule has 2 aromatic carbocycles. The van der Waals surface area contributed by atoms with Crippen LogP contribution in [0.15, 0.2) is 78.2 Å². The predicted molar refractivity (Wildman–Crippen MR) is 110 cm³/mol. The van der Waals surface area contributed by atoms with Gasteiger partial charge in [-0.05, 0) is 35.7 Å². The maximum atomic E-state index is 12.7. The molecule has 0 radical (unpaired) electrons. The first kappa shape index (κ1) is 17.9. The van der Waals surface area contributed by atoms with Crippen LogP contribution in [-0.4, -0.2) is 23.5 Å². The number of carbonyl (C=O) groups excluding carboxylic acids is 2. The van der Waals surface area contributed by atoms with E-state index in [-0.39, 0.29) is 6.61 Å². The SMILES string of the molecule is O=C(COC(=O)c1cc(-c2cccs2)nc2ccccc12)Nc1ccccc1. The van der Waals surface area contributed by atoms with E-state index in [1.807, 2.05) is 60.0 Å². The zero-order valence-electron chi connectivity index (χ0n) is 14.8. The molecule has 0 bridgehead atoms. The van der Waals surface area contributed by atoms with Crippen LogP contribution < -0.4 is 5.32 Å². The minimum absolute atomic E-state index is 0.362. The summed E-state index contributed by atoms with van der Waals surface area (Å²) in [4.78, 5) is 30.4. The highest BCUT2D eigenvalue weighted by atomic mass is 32.1. The molecule has 2 aromatic heterocycles. The van der Waals surface area contributed by atoms with Crippen LogP contribution in [-0.2, 0) is 9.53 Å². The maximum Gasteiger partial charge on any atom is 0.339 e. The van der Waals surface area contributed by atoms with Crippen LogP contribution >= 0.6 is 11.3 Å². The van der Waals surface area contributed by atoms with Crippen molar-refractivity contribution in [1.82, 2.24) is 4.98 Å². The van der Waals surface area contributed by atoms with Crippen LogP contribution in [0.2, 0.25) is 0 Å². The van der Waals surface area contributed by atoms with E-state index in [9.17, 15) is 9.59 Å². The van der Waals surface area contributed by atoms with E-state index in [1.165, 1.54) is 0 Å². The fourth-order valence-electron chi connectivity index (χ4n) is 2.82. The topological polar surface area (TPSA) is 68.3 Å². The number of hydrogen-bond donors (Lipinski definition) is 1. The molecule has 0 aliphatic heterocycles. The van der Waals surface area contributed by atoms with E-state index in [2.05, 4.69) is 10.3 Å². The van der Waals surface area contributed by atoms with E-state index < -0.39 is 11.9 Å². The van der Waals surface area contributed by atoms with Crippen molar-refractivity contribution >= 4 is 39.8 Å². The second-order valence-electron chi connectivity index (χ2n) is 6.04. The van der Waals surface area contributed by atoms with Gasteiger partial charge < -0.3 is 10.1 Å². The number of anilines is 1. The lowest BCUT2D eigenvalue weighted by Gasteiger charge is -2.10. The van der Waals surface area contributed by atoms with E-state index >= 15 is 0 Å². The van der Waals surface area contributed by atoms with Crippen LogP contribution in [0.25, 0.3) is 21.5 Å². The van der Waals surface area contributed by atoms with Gasteiger partial charge in [0.1, 0.15) is 0 Å². The summed E-state index contributed by atoms with van der Waals surface area (Å²) in [6.45, 7) is -0.362. The number of aromatic nitrogens is 1. The molecule has 2 heterocycles. The lowest BCUT2D eigenvalue weighted by atomic mass is 10.1. The molecule has 0 atom stereocenters. The lowest BCUT2D eigenvalue weighted by Crippen LogP contribution is -2.21. The first-order chi connectivity index (χ1) is 13.7. The van der Waals surface area contributed by atoms with Crippen LogP contribution in [0.4, 0.5) is 5.69 Å². The molecule has 4 rings (SSSR count). The molecular weight excluding hydrogens is 372 g/mol. The standard InChI is InChI=1S/C22H16N2O3S/c25-21(23-15-7-2-1-3-8-15)14-27-22(26)17-13-19(20-11-6-12-28-20)24-18-10-5-4-9-16(17)18/h1-13H,14H2,(H,23,25). The third kappa shape index (κ3) is 3.92. The largest absolute Gasteiger partial charge is 0.452 e. The smallest absolute Gasteiger partial charge is 0.339 e. The number of para-hydroxylation sites is 2. The highest BCUT2D eigenvalue weighted by molar-refractivity contribution is 7.13. The predicted octanol–water partition coefficient (Wildman–Crippen LogP) is 4.76. The second kappa shape index (κ2) is 8.02. The third-order valence-electron chi connectivity index (χ3n) is 4.10. The number of hydrogen-bond acceptors (Lipinski definition) is 5. The molecule has 0 fully saturated rings. The zero-order valence-corrected chi connectivity index (χ0v) is 15.6. The molecule has 0 saturated heterocycles. The number of thiophene rings is 1. The van der Waals surface area contributed by atoms with E-state index in [0.29, 0.717) is 27.8 Å². The Kier molecular flexibility index (Phi) is 5.12. The van der Waals surface area contributed by atoms with Gasteiger partial charge in [-0.3, -0.25) is 4.79 Å². The molecule has 0 spiro atoms. The molecule has 1 N–H and O–H groups in total. The Balaban J connectivity index is 1.55. The Morgan fingerprint density at radius 2 is 1.75 bits per heavy atom.